The van der Waals surface area contributed by atoms with E-state index in [-0.39, 0.29) is 10.6 Å². The first-order chi connectivity index (χ1) is 7.15. The van der Waals surface area contributed by atoms with Crippen LogP contribution in [0.4, 0.5) is 5.82 Å². The van der Waals surface area contributed by atoms with Crippen molar-refractivity contribution >= 4 is 23.4 Å². The summed E-state index contributed by atoms with van der Waals surface area (Å²) in [4.78, 5) is 14.7. The summed E-state index contributed by atoms with van der Waals surface area (Å²) in [5.41, 5.74) is 0.0489. The molecule has 0 aliphatic rings. The zero-order valence-electron chi connectivity index (χ0n) is 8.03. The van der Waals surface area contributed by atoms with Gasteiger partial charge in [-0.3, -0.25) is 0 Å². The van der Waals surface area contributed by atoms with Crippen LogP contribution in [0.5, 0.6) is 0 Å². The van der Waals surface area contributed by atoms with Gasteiger partial charge in [-0.1, -0.05) is 17.7 Å². The topological polar surface area (TPSA) is 62.2 Å². The van der Waals surface area contributed by atoms with Crippen molar-refractivity contribution < 1.29 is 9.90 Å². The van der Waals surface area contributed by atoms with Crippen molar-refractivity contribution in [2.24, 2.45) is 0 Å². The molecule has 5 heteroatoms. The number of carbonyl (C=O) groups is 1. The fourth-order valence-corrected chi connectivity index (χ4v) is 1.19. The van der Waals surface area contributed by atoms with E-state index in [1.807, 2.05) is 0 Å². The molecule has 2 N–H and O–H groups in total. The van der Waals surface area contributed by atoms with Crippen molar-refractivity contribution in [3.63, 3.8) is 0 Å². The third kappa shape index (κ3) is 3.25. The average Bonchev–Trinajstić information content (AvgIpc) is 2.20. The molecule has 0 aliphatic heterocycles. The third-order valence-corrected chi connectivity index (χ3v) is 2.04. The minimum absolute atomic E-state index is 0.0489. The number of halogens is 1. The zero-order chi connectivity index (χ0) is 11.3. The van der Waals surface area contributed by atoms with Crippen LogP contribution in [0, 0.1) is 0 Å². The van der Waals surface area contributed by atoms with Crippen molar-refractivity contribution in [3.05, 3.63) is 35.5 Å². The normalized spacial score (nSPS) is 9.67. The Bertz CT molecular complexity index is 380. The summed E-state index contributed by atoms with van der Waals surface area (Å²) >= 11 is 5.67. The van der Waals surface area contributed by atoms with Gasteiger partial charge < -0.3 is 10.4 Å². The van der Waals surface area contributed by atoms with Gasteiger partial charge in [0.2, 0.25) is 0 Å². The lowest BCUT2D eigenvalue weighted by atomic mass is 10.2. The number of hydrogen-bond donors (Lipinski definition) is 2. The molecular weight excluding hydrogens is 216 g/mol. The maximum absolute atomic E-state index is 10.7. The molecule has 0 radical (unpaired) electrons. The Kier molecular flexibility index (Phi) is 4.12. The Labute approximate surface area is 92.6 Å². The maximum atomic E-state index is 10.7. The fraction of sp³-hybridized carbons (Fsp3) is 0.200. The molecule has 4 nitrogen and oxygen atoms in total. The first-order valence-electron chi connectivity index (χ1n) is 4.38. The number of nitrogens with zero attached hydrogens (tertiary/aromatic N) is 1. The van der Waals surface area contributed by atoms with Gasteiger partial charge in [-0.25, -0.2) is 9.78 Å². The Morgan fingerprint density at radius 1 is 1.73 bits per heavy atom. The molecule has 0 saturated carbocycles. The summed E-state index contributed by atoms with van der Waals surface area (Å²) in [6.45, 7) is 4.24. The van der Waals surface area contributed by atoms with E-state index in [9.17, 15) is 4.79 Å². The van der Waals surface area contributed by atoms with Crippen LogP contribution in [-0.4, -0.2) is 22.6 Å². The molecule has 0 amide bonds. The van der Waals surface area contributed by atoms with Gasteiger partial charge in [0.15, 0.2) is 0 Å². The van der Waals surface area contributed by atoms with E-state index in [0.717, 1.165) is 6.42 Å². The monoisotopic (exact) mass is 226 g/mol. The van der Waals surface area contributed by atoms with E-state index in [0.29, 0.717) is 12.4 Å². The second-order valence-electron chi connectivity index (χ2n) is 2.86. The summed E-state index contributed by atoms with van der Waals surface area (Å²) in [5, 5.41) is 11.9. The zero-order valence-corrected chi connectivity index (χ0v) is 8.79. The van der Waals surface area contributed by atoms with Crippen LogP contribution in [0.15, 0.2) is 24.9 Å². The molecule has 0 unspecified atom stereocenters. The number of pyridine rings is 1. The van der Waals surface area contributed by atoms with Gasteiger partial charge in [-0.05, 0) is 12.5 Å². The lowest BCUT2D eigenvalue weighted by molar-refractivity contribution is 0.0697. The van der Waals surface area contributed by atoms with Gasteiger partial charge in [0.25, 0.3) is 0 Å². The van der Waals surface area contributed by atoms with Crippen LogP contribution in [0.2, 0.25) is 5.02 Å². The number of aromatic nitrogens is 1. The predicted molar refractivity (Wildman–Crippen MR) is 59.5 cm³/mol. The second kappa shape index (κ2) is 5.36. The van der Waals surface area contributed by atoms with Crippen molar-refractivity contribution in [1.29, 1.82) is 0 Å². The molecule has 0 aromatic carbocycles. The number of aromatic carboxylic acids is 1. The number of nitrogens with one attached hydrogen (secondary N) is 1. The Morgan fingerprint density at radius 3 is 3.07 bits per heavy atom. The Morgan fingerprint density at radius 2 is 2.47 bits per heavy atom. The predicted octanol–water partition coefficient (Wildman–Crippen LogP) is 2.42. The molecule has 1 rings (SSSR count). The molecule has 1 aromatic rings. The van der Waals surface area contributed by atoms with E-state index >= 15 is 0 Å². The van der Waals surface area contributed by atoms with Crippen LogP contribution in [0.1, 0.15) is 16.8 Å². The fourth-order valence-electron chi connectivity index (χ4n) is 1.00. The van der Waals surface area contributed by atoms with E-state index in [1.54, 1.807) is 6.08 Å². The molecule has 15 heavy (non-hydrogen) atoms. The van der Waals surface area contributed by atoms with Crippen LogP contribution in [-0.2, 0) is 0 Å². The summed E-state index contributed by atoms with van der Waals surface area (Å²) in [6, 6.07) is 1.41. The van der Waals surface area contributed by atoms with Gasteiger partial charge >= 0.3 is 5.97 Å². The molecule has 1 heterocycles. The lowest BCUT2D eigenvalue weighted by Crippen LogP contribution is -2.05. The van der Waals surface area contributed by atoms with Gasteiger partial charge in [0, 0.05) is 12.7 Å². The maximum Gasteiger partial charge on any atom is 0.337 e. The summed E-state index contributed by atoms with van der Waals surface area (Å²) in [5.74, 6) is -0.562. The Hall–Kier alpha value is -1.55. The highest BCUT2D eigenvalue weighted by Crippen LogP contribution is 2.17. The molecule has 0 bridgehead atoms. The highest BCUT2D eigenvalue weighted by Gasteiger charge is 2.09. The number of carboxylic acid groups (broad SMARTS) is 1. The quantitative estimate of drug-likeness (QED) is 0.598. The minimum Gasteiger partial charge on any atom is -0.478 e. The number of anilines is 1. The largest absolute Gasteiger partial charge is 0.478 e. The minimum atomic E-state index is -1.06. The summed E-state index contributed by atoms with van der Waals surface area (Å²) in [6.07, 6.45) is 3.87. The van der Waals surface area contributed by atoms with E-state index in [1.165, 1.54) is 12.3 Å². The molecule has 0 saturated heterocycles. The van der Waals surface area contributed by atoms with Crippen LogP contribution in [0.3, 0.4) is 0 Å². The first kappa shape index (κ1) is 11.5. The van der Waals surface area contributed by atoms with Crippen molar-refractivity contribution in [3.8, 4) is 0 Å². The SMILES string of the molecule is C=CCCNc1cc(C(=O)O)c(Cl)cn1. The third-order valence-electron chi connectivity index (χ3n) is 1.74. The van der Waals surface area contributed by atoms with E-state index in [2.05, 4.69) is 16.9 Å². The van der Waals surface area contributed by atoms with E-state index in [4.69, 9.17) is 16.7 Å². The highest BCUT2D eigenvalue weighted by atomic mass is 35.5. The van der Waals surface area contributed by atoms with Gasteiger partial charge in [-0.15, -0.1) is 6.58 Å². The molecule has 0 spiro atoms. The summed E-state index contributed by atoms with van der Waals surface area (Å²) in [7, 11) is 0. The average molecular weight is 227 g/mol. The molecule has 80 valence electrons. The van der Waals surface area contributed by atoms with Crippen LogP contribution >= 0.6 is 11.6 Å². The van der Waals surface area contributed by atoms with Gasteiger partial charge in [0.05, 0.1) is 10.6 Å². The highest BCUT2D eigenvalue weighted by molar-refractivity contribution is 6.33. The van der Waals surface area contributed by atoms with Gasteiger partial charge in [-0.2, -0.15) is 0 Å². The smallest absolute Gasteiger partial charge is 0.337 e. The summed E-state index contributed by atoms with van der Waals surface area (Å²) < 4.78 is 0. The molecule has 0 fully saturated rings. The number of hydrogen-bond acceptors (Lipinski definition) is 3. The molecular formula is C10H11ClN2O2. The van der Waals surface area contributed by atoms with E-state index < -0.39 is 5.97 Å². The second-order valence-corrected chi connectivity index (χ2v) is 3.27. The number of rotatable bonds is 5. The van der Waals surface area contributed by atoms with Crippen LogP contribution < -0.4 is 5.32 Å². The van der Waals surface area contributed by atoms with Crippen LogP contribution in [0.25, 0.3) is 0 Å². The molecule has 0 aliphatic carbocycles. The number of carboxylic acids is 1. The first-order valence-corrected chi connectivity index (χ1v) is 4.76. The standard InChI is InChI=1S/C10H11ClN2O2/c1-2-3-4-12-9-5-7(10(14)15)8(11)6-13-9/h2,5-6H,1,3-4H2,(H,12,13)(H,14,15). The van der Waals surface area contributed by atoms with Crippen molar-refractivity contribution in [2.45, 2.75) is 6.42 Å². The van der Waals surface area contributed by atoms with Gasteiger partial charge in [0.1, 0.15) is 5.82 Å². The molecule has 1 aromatic heterocycles. The molecule has 0 atom stereocenters. The lowest BCUT2D eigenvalue weighted by Gasteiger charge is -2.05. The Balaban J connectivity index is 2.78. The van der Waals surface area contributed by atoms with Crippen molar-refractivity contribution in [1.82, 2.24) is 4.98 Å². The van der Waals surface area contributed by atoms with Crippen molar-refractivity contribution in [2.75, 3.05) is 11.9 Å².